The van der Waals surface area contributed by atoms with Gasteiger partial charge in [0.1, 0.15) is 0 Å². The molecule has 0 aromatic heterocycles. The molecule has 31 heavy (non-hydrogen) atoms. The van der Waals surface area contributed by atoms with Crippen molar-refractivity contribution in [2.45, 2.75) is 18.9 Å². The molecule has 0 radical (unpaired) electrons. The van der Waals surface area contributed by atoms with Crippen molar-refractivity contribution in [3.63, 3.8) is 0 Å². The molecule has 3 aromatic rings. The van der Waals surface area contributed by atoms with Crippen LogP contribution in [0.1, 0.15) is 17.5 Å². The van der Waals surface area contributed by atoms with Gasteiger partial charge in [0, 0.05) is 12.0 Å². The van der Waals surface area contributed by atoms with Gasteiger partial charge < -0.3 is 18.9 Å². The summed E-state index contributed by atoms with van der Waals surface area (Å²) < 4.78 is 21.9. The van der Waals surface area contributed by atoms with Crippen LogP contribution in [0.2, 0.25) is 0 Å². The Morgan fingerprint density at radius 2 is 1.71 bits per heavy atom. The minimum atomic E-state index is 0.186. The first kappa shape index (κ1) is 19.3. The SMILES string of the molecule is COc1ccc(C2=NN(c3ccccc3)C(Cc3ccc4c(c3)OCO4)C2)cc1OC. The van der Waals surface area contributed by atoms with Crippen LogP contribution in [0.15, 0.2) is 71.8 Å². The van der Waals surface area contributed by atoms with Crippen molar-refractivity contribution in [2.75, 3.05) is 26.0 Å². The van der Waals surface area contributed by atoms with Crippen LogP contribution in [0.3, 0.4) is 0 Å². The molecule has 3 aromatic carbocycles. The maximum atomic E-state index is 5.56. The minimum absolute atomic E-state index is 0.186. The van der Waals surface area contributed by atoms with E-state index < -0.39 is 0 Å². The molecule has 0 bridgehead atoms. The van der Waals surface area contributed by atoms with Crippen molar-refractivity contribution in [1.29, 1.82) is 0 Å². The highest BCUT2D eigenvalue weighted by molar-refractivity contribution is 6.03. The molecule has 5 rings (SSSR count). The summed E-state index contributed by atoms with van der Waals surface area (Å²) in [6.45, 7) is 0.283. The van der Waals surface area contributed by atoms with E-state index in [4.69, 9.17) is 24.0 Å². The largest absolute Gasteiger partial charge is 0.493 e. The number of nitrogens with zero attached hydrogens (tertiary/aromatic N) is 2. The molecule has 2 heterocycles. The molecule has 0 saturated heterocycles. The third kappa shape index (κ3) is 3.77. The first-order valence-electron chi connectivity index (χ1n) is 10.3. The molecule has 6 heteroatoms. The van der Waals surface area contributed by atoms with Gasteiger partial charge >= 0.3 is 0 Å². The molecule has 0 spiro atoms. The lowest BCUT2D eigenvalue weighted by atomic mass is 9.98. The van der Waals surface area contributed by atoms with Crippen molar-refractivity contribution in [1.82, 2.24) is 0 Å². The fourth-order valence-corrected chi connectivity index (χ4v) is 4.10. The van der Waals surface area contributed by atoms with E-state index in [9.17, 15) is 0 Å². The van der Waals surface area contributed by atoms with Crippen LogP contribution in [-0.2, 0) is 6.42 Å². The standard InChI is InChI=1S/C25H24N2O4/c1-28-22-11-9-18(14-24(22)29-2)21-15-20(27(26-21)19-6-4-3-5-7-19)12-17-8-10-23-25(13-17)31-16-30-23/h3-11,13-14,20H,12,15-16H2,1-2H3. The van der Waals surface area contributed by atoms with Crippen molar-refractivity contribution in [3.05, 3.63) is 77.9 Å². The predicted octanol–water partition coefficient (Wildman–Crippen LogP) is 4.66. The van der Waals surface area contributed by atoms with E-state index in [-0.39, 0.29) is 12.8 Å². The number of hydrogen-bond acceptors (Lipinski definition) is 6. The number of hydrogen-bond donors (Lipinski definition) is 0. The van der Waals surface area contributed by atoms with Gasteiger partial charge in [0.15, 0.2) is 23.0 Å². The lowest BCUT2D eigenvalue weighted by Crippen LogP contribution is -2.28. The summed E-state index contributed by atoms with van der Waals surface area (Å²) >= 11 is 0. The number of benzene rings is 3. The van der Waals surface area contributed by atoms with E-state index in [0.717, 1.165) is 41.3 Å². The second-order valence-corrected chi connectivity index (χ2v) is 7.55. The Bertz CT molecular complexity index is 1110. The lowest BCUT2D eigenvalue weighted by molar-refractivity contribution is 0.174. The number of fused-ring (bicyclic) bond motifs is 1. The van der Waals surface area contributed by atoms with Gasteiger partial charge in [0.2, 0.25) is 6.79 Å². The summed E-state index contributed by atoms with van der Waals surface area (Å²) in [4.78, 5) is 0. The fourth-order valence-electron chi connectivity index (χ4n) is 4.10. The highest BCUT2D eigenvalue weighted by atomic mass is 16.7. The highest BCUT2D eigenvalue weighted by Gasteiger charge is 2.29. The van der Waals surface area contributed by atoms with Crippen LogP contribution in [0, 0.1) is 0 Å². The van der Waals surface area contributed by atoms with E-state index in [1.54, 1.807) is 14.2 Å². The lowest BCUT2D eigenvalue weighted by Gasteiger charge is -2.23. The molecule has 0 fully saturated rings. The molecule has 0 N–H and O–H groups in total. The number of para-hydroxylation sites is 1. The molecule has 1 unspecified atom stereocenters. The Morgan fingerprint density at radius 3 is 2.52 bits per heavy atom. The Labute approximate surface area is 181 Å². The number of anilines is 1. The van der Waals surface area contributed by atoms with Gasteiger partial charge in [0.05, 0.1) is 31.7 Å². The van der Waals surface area contributed by atoms with Crippen molar-refractivity contribution in [3.8, 4) is 23.0 Å². The summed E-state index contributed by atoms with van der Waals surface area (Å²) in [5.41, 5.74) is 4.32. The summed E-state index contributed by atoms with van der Waals surface area (Å²) in [7, 11) is 3.29. The van der Waals surface area contributed by atoms with Gasteiger partial charge in [-0.25, -0.2) is 0 Å². The van der Waals surface area contributed by atoms with Crippen LogP contribution in [0.25, 0.3) is 0 Å². The first-order valence-corrected chi connectivity index (χ1v) is 10.3. The molecule has 2 aliphatic heterocycles. The van der Waals surface area contributed by atoms with Crippen LogP contribution in [0.4, 0.5) is 5.69 Å². The van der Waals surface area contributed by atoms with Gasteiger partial charge in [-0.05, 0) is 54.4 Å². The third-order valence-electron chi connectivity index (χ3n) is 5.65. The summed E-state index contributed by atoms with van der Waals surface area (Å²) in [6.07, 6.45) is 1.66. The number of rotatable bonds is 6. The van der Waals surface area contributed by atoms with Gasteiger partial charge in [-0.2, -0.15) is 5.10 Å². The average molecular weight is 416 g/mol. The summed E-state index contributed by atoms with van der Waals surface area (Å²) in [5.74, 6) is 3.02. The predicted molar refractivity (Wildman–Crippen MR) is 120 cm³/mol. The van der Waals surface area contributed by atoms with Gasteiger partial charge in [-0.1, -0.05) is 24.3 Å². The second kappa shape index (κ2) is 8.22. The monoisotopic (exact) mass is 416 g/mol. The molecule has 0 amide bonds. The molecule has 158 valence electrons. The molecule has 0 saturated carbocycles. The number of methoxy groups -OCH3 is 2. The van der Waals surface area contributed by atoms with Crippen LogP contribution < -0.4 is 24.0 Å². The smallest absolute Gasteiger partial charge is 0.231 e. The molecule has 0 aliphatic carbocycles. The minimum Gasteiger partial charge on any atom is -0.493 e. The van der Waals surface area contributed by atoms with E-state index in [1.165, 1.54) is 5.56 Å². The molecule has 1 atom stereocenters. The maximum absolute atomic E-state index is 5.56. The second-order valence-electron chi connectivity index (χ2n) is 7.55. The van der Waals surface area contributed by atoms with E-state index in [0.29, 0.717) is 11.5 Å². The Kier molecular flexibility index (Phi) is 5.12. The van der Waals surface area contributed by atoms with E-state index >= 15 is 0 Å². The molecular weight excluding hydrogens is 392 g/mol. The zero-order valence-corrected chi connectivity index (χ0v) is 17.6. The normalized spacial score (nSPS) is 16.9. The topological polar surface area (TPSA) is 52.5 Å². The summed E-state index contributed by atoms with van der Waals surface area (Å²) in [5, 5.41) is 7.13. The molecule has 2 aliphatic rings. The fraction of sp³-hybridized carbons (Fsp3) is 0.240. The van der Waals surface area contributed by atoms with Crippen LogP contribution >= 0.6 is 0 Å². The zero-order chi connectivity index (χ0) is 21.2. The summed E-state index contributed by atoms with van der Waals surface area (Å²) in [6, 6.07) is 22.6. The average Bonchev–Trinajstić information content (AvgIpc) is 3.46. The van der Waals surface area contributed by atoms with Gasteiger partial charge in [-0.15, -0.1) is 0 Å². The Morgan fingerprint density at radius 1 is 0.903 bits per heavy atom. The third-order valence-corrected chi connectivity index (χ3v) is 5.65. The van der Waals surface area contributed by atoms with Gasteiger partial charge in [-0.3, -0.25) is 5.01 Å². The van der Waals surface area contributed by atoms with Crippen LogP contribution in [-0.4, -0.2) is 32.8 Å². The molecular formula is C25H24N2O4. The number of ether oxygens (including phenoxy) is 4. The van der Waals surface area contributed by atoms with E-state index in [1.807, 2.05) is 42.5 Å². The quantitative estimate of drug-likeness (QED) is 0.585. The maximum Gasteiger partial charge on any atom is 0.231 e. The zero-order valence-electron chi connectivity index (χ0n) is 17.6. The van der Waals surface area contributed by atoms with Gasteiger partial charge in [0.25, 0.3) is 0 Å². The van der Waals surface area contributed by atoms with Crippen molar-refractivity contribution >= 4 is 11.4 Å². The Balaban J connectivity index is 1.46. The highest BCUT2D eigenvalue weighted by Crippen LogP contribution is 2.36. The Hall–Kier alpha value is -3.67. The number of hydrazone groups is 1. The van der Waals surface area contributed by atoms with E-state index in [2.05, 4.69) is 29.3 Å². The van der Waals surface area contributed by atoms with Crippen LogP contribution in [0.5, 0.6) is 23.0 Å². The first-order chi connectivity index (χ1) is 15.2. The van der Waals surface area contributed by atoms with Crippen molar-refractivity contribution < 1.29 is 18.9 Å². The van der Waals surface area contributed by atoms with Crippen molar-refractivity contribution in [2.24, 2.45) is 5.10 Å². The molecule has 6 nitrogen and oxygen atoms in total.